The number of aliphatic carboxylic acids is 1. The molecule has 0 bridgehead atoms. The van der Waals surface area contributed by atoms with Crippen LogP contribution < -0.4 is 11.1 Å². The Kier molecular flexibility index (Phi) is 3.33. The van der Waals surface area contributed by atoms with Crippen molar-refractivity contribution in [3.63, 3.8) is 0 Å². The third-order valence-corrected chi connectivity index (χ3v) is 2.69. The monoisotopic (exact) mass is 200 g/mol. The summed E-state index contributed by atoms with van der Waals surface area (Å²) in [6.07, 6.45) is 4.39. The van der Waals surface area contributed by atoms with Crippen LogP contribution >= 0.6 is 0 Å². The van der Waals surface area contributed by atoms with Crippen LogP contribution in [-0.2, 0) is 4.79 Å². The van der Waals surface area contributed by atoms with Crippen molar-refractivity contribution in [2.45, 2.75) is 44.1 Å². The zero-order valence-electron chi connectivity index (χ0n) is 8.08. The van der Waals surface area contributed by atoms with E-state index < -0.39 is 17.5 Å². The van der Waals surface area contributed by atoms with Crippen molar-refractivity contribution < 1.29 is 14.7 Å². The quantitative estimate of drug-likeness (QED) is 0.630. The molecule has 0 unspecified atom stereocenters. The van der Waals surface area contributed by atoms with E-state index in [9.17, 15) is 9.59 Å². The molecule has 4 N–H and O–H groups in total. The summed E-state index contributed by atoms with van der Waals surface area (Å²) < 4.78 is 0. The SMILES string of the molecule is NC(=O)NC1(CC(=O)O)CCCCC1. The molecule has 1 fully saturated rings. The van der Waals surface area contributed by atoms with E-state index in [4.69, 9.17) is 10.8 Å². The summed E-state index contributed by atoms with van der Waals surface area (Å²) in [5.74, 6) is -0.888. The predicted molar refractivity (Wildman–Crippen MR) is 50.8 cm³/mol. The van der Waals surface area contributed by atoms with Crippen molar-refractivity contribution >= 4 is 12.0 Å². The van der Waals surface area contributed by atoms with Crippen molar-refractivity contribution in [3.05, 3.63) is 0 Å². The molecule has 0 aliphatic heterocycles. The van der Waals surface area contributed by atoms with Crippen molar-refractivity contribution in [2.24, 2.45) is 5.73 Å². The smallest absolute Gasteiger partial charge is 0.312 e. The second-order valence-electron chi connectivity index (χ2n) is 3.90. The van der Waals surface area contributed by atoms with Gasteiger partial charge >= 0.3 is 12.0 Å². The molecule has 0 spiro atoms. The largest absolute Gasteiger partial charge is 0.481 e. The number of carbonyl (C=O) groups excluding carboxylic acids is 1. The van der Waals surface area contributed by atoms with Crippen LogP contribution in [0.4, 0.5) is 4.79 Å². The van der Waals surface area contributed by atoms with Crippen LogP contribution in [0.3, 0.4) is 0 Å². The zero-order chi connectivity index (χ0) is 10.6. The summed E-state index contributed by atoms with van der Waals surface area (Å²) in [6, 6.07) is -0.631. The Labute approximate surface area is 82.7 Å². The summed E-state index contributed by atoms with van der Waals surface area (Å²) in [5.41, 5.74) is 4.44. The summed E-state index contributed by atoms with van der Waals surface area (Å²) in [4.78, 5) is 21.4. The lowest BCUT2D eigenvalue weighted by atomic mass is 9.79. The fraction of sp³-hybridized carbons (Fsp3) is 0.778. The number of urea groups is 1. The minimum absolute atomic E-state index is 0.0318. The molecule has 1 aliphatic rings. The molecule has 0 aromatic rings. The molecule has 1 aliphatic carbocycles. The third-order valence-electron chi connectivity index (χ3n) is 2.69. The molecule has 5 heteroatoms. The van der Waals surface area contributed by atoms with Gasteiger partial charge in [0.05, 0.1) is 12.0 Å². The number of hydrogen-bond donors (Lipinski definition) is 3. The Morgan fingerprint density at radius 3 is 2.29 bits per heavy atom. The van der Waals surface area contributed by atoms with E-state index in [0.717, 1.165) is 19.3 Å². The van der Waals surface area contributed by atoms with Gasteiger partial charge in [0, 0.05) is 0 Å². The lowest BCUT2D eigenvalue weighted by molar-refractivity contribution is -0.139. The van der Waals surface area contributed by atoms with Crippen LogP contribution in [-0.4, -0.2) is 22.6 Å². The maximum atomic E-state index is 10.8. The van der Waals surface area contributed by atoms with Gasteiger partial charge in [-0.1, -0.05) is 19.3 Å². The van der Waals surface area contributed by atoms with Crippen LogP contribution in [0.15, 0.2) is 0 Å². The normalized spacial score (nSPS) is 20.0. The van der Waals surface area contributed by atoms with Crippen LogP contribution in [0.2, 0.25) is 0 Å². The molecule has 0 aromatic carbocycles. The molecule has 0 saturated heterocycles. The Balaban J connectivity index is 2.66. The number of nitrogens with two attached hydrogens (primary N) is 1. The highest BCUT2D eigenvalue weighted by atomic mass is 16.4. The van der Waals surface area contributed by atoms with E-state index in [1.54, 1.807) is 0 Å². The Bertz CT molecular complexity index is 216. The standard InChI is InChI=1S/C9H16N2O3/c10-8(14)11-9(6-7(12)13)4-2-1-3-5-9/h1-6H2,(H,12,13)(H3,10,11,14). The van der Waals surface area contributed by atoms with Crippen LogP contribution in [0, 0.1) is 0 Å². The number of carboxylic acid groups (broad SMARTS) is 1. The molecule has 1 saturated carbocycles. The summed E-state index contributed by atoms with van der Waals surface area (Å²) in [6.45, 7) is 0. The molecule has 1 rings (SSSR count). The molecule has 0 aromatic heterocycles. The number of hydrogen-bond acceptors (Lipinski definition) is 2. The first kappa shape index (κ1) is 10.8. The predicted octanol–water partition coefficient (Wildman–Crippen LogP) is 0.832. The van der Waals surface area contributed by atoms with Gasteiger partial charge in [-0.3, -0.25) is 4.79 Å². The molecule has 80 valence electrons. The summed E-state index contributed by atoms with van der Waals surface area (Å²) in [7, 11) is 0. The lowest BCUT2D eigenvalue weighted by Crippen LogP contribution is -2.52. The second kappa shape index (κ2) is 4.30. The van der Waals surface area contributed by atoms with Gasteiger partial charge in [0.1, 0.15) is 0 Å². The second-order valence-corrected chi connectivity index (χ2v) is 3.90. The number of nitrogens with one attached hydrogen (secondary N) is 1. The highest BCUT2D eigenvalue weighted by Crippen LogP contribution is 2.30. The number of rotatable bonds is 3. The summed E-state index contributed by atoms with van der Waals surface area (Å²) in [5, 5.41) is 11.3. The molecular weight excluding hydrogens is 184 g/mol. The highest BCUT2D eigenvalue weighted by Gasteiger charge is 2.35. The molecule has 14 heavy (non-hydrogen) atoms. The molecule has 5 nitrogen and oxygen atoms in total. The first-order valence-corrected chi connectivity index (χ1v) is 4.83. The Morgan fingerprint density at radius 1 is 1.29 bits per heavy atom. The molecule has 2 amide bonds. The van der Waals surface area contributed by atoms with Crippen molar-refractivity contribution in [3.8, 4) is 0 Å². The average molecular weight is 200 g/mol. The number of carboxylic acids is 1. The van der Waals surface area contributed by atoms with Crippen LogP contribution in [0.25, 0.3) is 0 Å². The molecule has 0 atom stereocenters. The fourth-order valence-electron chi connectivity index (χ4n) is 2.13. The van der Waals surface area contributed by atoms with E-state index in [0.29, 0.717) is 12.8 Å². The number of primary amides is 1. The van der Waals surface area contributed by atoms with Gasteiger partial charge in [-0.15, -0.1) is 0 Å². The van der Waals surface area contributed by atoms with Crippen molar-refractivity contribution in [1.82, 2.24) is 5.32 Å². The van der Waals surface area contributed by atoms with Crippen molar-refractivity contribution in [1.29, 1.82) is 0 Å². The van der Waals surface area contributed by atoms with Gasteiger partial charge in [0.25, 0.3) is 0 Å². The zero-order valence-corrected chi connectivity index (χ0v) is 8.08. The third kappa shape index (κ3) is 2.90. The van der Waals surface area contributed by atoms with Gasteiger partial charge in [0.15, 0.2) is 0 Å². The van der Waals surface area contributed by atoms with Crippen molar-refractivity contribution in [2.75, 3.05) is 0 Å². The molecule has 0 radical (unpaired) electrons. The first-order valence-electron chi connectivity index (χ1n) is 4.83. The topological polar surface area (TPSA) is 92.4 Å². The van der Waals surface area contributed by atoms with E-state index >= 15 is 0 Å². The van der Waals surface area contributed by atoms with E-state index in [1.165, 1.54) is 0 Å². The van der Waals surface area contributed by atoms with E-state index in [1.807, 2.05) is 0 Å². The maximum Gasteiger partial charge on any atom is 0.312 e. The Hall–Kier alpha value is -1.26. The van der Waals surface area contributed by atoms with Gasteiger partial charge in [-0.2, -0.15) is 0 Å². The number of carbonyl (C=O) groups is 2. The average Bonchev–Trinajstić information content (AvgIpc) is 2.01. The summed E-state index contributed by atoms with van der Waals surface area (Å²) >= 11 is 0. The van der Waals surface area contributed by atoms with Crippen LogP contribution in [0.5, 0.6) is 0 Å². The highest BCUT2D eigenvalue weighted by molar-refractivity contribution is 5.75. The van der Waals surface area contributed by atoms with Gasteiger partial charge < -0.3 is 16.2 Å². The van der Waals surface area contributed by atoms with Crippen LogP contribution in [0.1, 0.15) is 38.5 Å². The van der Waals surface area contributed by atoms with Gasteiger partial charge in [-0.25, -0.2) is 4.79 Å². The van der Waals surface area contributed by atoms with E-state index in [2.05, 4.69) is 5.32 Å². The Morgan fingerprint density at radius 2 is 1.86 bits per heavy atom. The fourth-order valence-corrected chi connectivity index (χ4v) is 2.13. The molecule has 0 heterocycles. The minimum atomic E-state index is -0.888. The first-order chi connectivity index (χ1) is 6.54. The minimum Gasteiger partial charge on any atom is -0.481 e. The maximum absolute atomic E-state index is 10.8. The molecular formula is C9H16N2O3. The lowest BCUT2D eigenvalue weighted by Gasteiger charge is -2.36. The van der Waals surface area contributed by atoms with Gasteiger partial charge in [-0.05, 0) is 12.8 Å². The van der Waals surface area contributed by atoms with E-state index in [-0.39, 0.29) is 6.42 Å². The number of amides is 2. The van der Waals surface area contributed by atoms with Gasteiger partial charge in [0.2, 0.25) is 0 Å².